The van der Waals surface area contributed by atoms with Crippen molar-refractivity contribution in [2.24, 2.45) is 0 Å². The molecule has 0 aromatic carbocycles. The molecule has 3 aromatic heterocycles. The molecule has 1 amide bonds. The number of imidazole rings is 1. The number of carbonyl (C=O) groups is 1. The average molecular weight is 363 g/mol. The maximum Gasteiger partial charge on any atom is 0.271 e. The second kappa shape index (κ2) is 7.88. The molecule has 1 N–H and O–H groups in total. The molecular weight excluding hydrogens is 338 g/mol. The van der Waals surface area contributed by atoms with Crippen molar-refractivity contribution in [3.8, 4) is 0 Å². The SMILES string of the molecule is Cc1cccn2cc(C(=O)NC[C@H](c3cccnc3)N3CCCCC3)nc12. The maximum atomic E-state index is 12.7. The summed E-state index contributed by atoms with van der Waals surface area (Å²) in [5, 5.41) is 3.09. The third-order valence-corrected chi connectivity index (χ3v) is 5.27. The second-order valence-corrected chi connectivity index (χ2v) is 7.16. The molecule has 3 aromatic rings. The number of carbonyl (C=O) groups excluding carboxylic acids is 1. The van der Waals surface area contributed by atoms with E-state index in [0.29, 0.717) is 12.2 Å². The summed E-state index contributed by atoms with van der Waals surface area (Å²) in [7, 11) is 0. The molecule has 6 nitrogen and oxygen atoms in total. The van der Waals surface area contributed by atoms with Gasteiger partial charge in [0.1, 0.15) is 11.3 Å². The van der Waals surface area contributed by atoms with Crippen LogP contribution < -0.4 is 5.32 Å². The van der Waals surface area contributed by atoms with Gasteiger partial charge in [0.2, 0.25) is 0 Å². The van der Waals surface area contributed by atoms with Gasteiger partial charge in [0.15, 0.2) is 0 Å². The molecule has 0 spiro atoms. The smallest absolute Gasteiger partial charge is 0.271 e. The van der Waals surface area contributed by atoms with Gasteiger partial charge in [0, 0.05) is 31.3 Å². The number of amides is 1. The van der Waals surface area contributed by atoms with Crippen molar-refractivity contribution in [3.05, 3.63) is 65.9 Å². The molecule has 27 heavy (non-hydrogen) atoms. The zero-order valence-electron chi connectivity index (χ0n) is 15.6. The summed E-state index contributed by atoms with van der Waals surface area (Å²) in [4.78, 5) is 23.9. The molecule has 1 saturated heterocycles. The molecule has 0 bridgehead atoms. The van der Waals surface area contributed by atoms with E-state index < -0.39 is 0 Å². The van der Waals surface area contributed by atoms with E-state index in [2.05, 4.69) is 26.3 Å². The summed E-state index contributed by atoms with van der Waals surface area (Å²) in [6, 6.07) is 8.15. The predicted molar refractivity (Wildman–Crippen MR) is 105 cm³/mol. The van der Waals surface area contributed by atoms with Crippen LogP contribution >= 0.6 is 0 Å². The minimum Gasteiger partial charge on any atom is -0.349 e. The van der Waals surface area contributed by atoms with Gasteiger partial charge in [-0.25, -0.2) is 4.98 Å². The summed E-state index contributed by atoms with van der Waals surface area (Å²) in [6.07, 6.45) is 11.1. The summed E-state index contributed by atoms with van der Waals surface area (Å²) in [6.45, 7) is 4.67. The van der Waals surface area contributed by atoms with Crippen LogP contribution in [0.3, 0.4) is 0 Å². The lowest BCUT2D eigenvalue weighted by Crippen LogP contribution is -2.40. The first-order chi connectivity index (χ1) is 13.2. The van der Waals surface area contributed by atoms with Crippen molar-refractivity contribution in [1.29, 1.82) is 0 Å². The molecule has 0 aliphatic carbocycles. The minimum atomic E-state index is -0.135. The summed E-state index contributed by atoms with van der Waals surface area (Å²) < 4.78 is 1.90. The molecule has 0 unspecified atom stereocenters. The Balaban J connectivity index is 1.50. The van der Waals surface area contributed by atoms with Crippen molar-refractivity contribution in [2.75, 3.05) is 19.6 Å². The van der Waals surface area contributed by atoms with E-state index in [0.717, 1.165) is 29.9 Å². The Morgan fingerprint density at radius 2 is 2.07 bits per heavy atom. The Hall–Kier alpha value is -2.73. The van der Waals surface area contributed by atoms with Gasteiger partial charge in [-0.1, -0.05) is 18.6 Å². The van der Waals surface area contributed by atoms with Gasteiger partial charge in [-0.2, -0.15) is 0 Å². The average Bonchev–Trinajstić information content (AvgIpc) is 3.16. The van der Waals surface area contributed by atoms with Crippen LogP contribution in [0, 0.1) is 6.92 Å². The summed E-state index contributed by atoms with van der Waals surface area (Å²) >= 11 is 0. The van der Waals surface area contributed by atoms with Crippen LogP contribution in [0.1, 0.15) is 46.9 Å². The fourth-order valence-electron chi connectivity index (χ4n) is 3.80. The number of aryl methyl sites for hydroxylation is 1. The van der Waals surface area contributed by atoms with E-state index in [1.54, 1.807) is 12.4 Å². The zero-order chi connectivity index (χ0) is 18.6. The fraction of sp³-hybridized carbons (Fsp3) is 0.381. The van der Waals surface area contributed by atoms with Crippen LogP contribution in [0.2, 0.25) is 0 Å². The monoisotopic (exact) mass is 363 g/mol. The van der Waals surface area contributed by atoms with Gasteiger partial charge >= 0.3 is 0 Å². The molecule has 4 rings (SSSR count). The molecule has 1 aliphatic heterocycles. The van der Waals surface area contributed by atoms with Crippen LogP contribution in [0.25, 0.3) is 5.65 Å². The Labute approximate surface area is 159 Å². The van der Waals surface area contributed by atoms with Crippen molar-refractivity contribution in [2.45, 2.75) is 32.2 Å². The van der Waals surface area contributed by atoms with Gasteiger partial charge in [0.25, 0.3) is 5.91 Å². The topological polar surface area (TPSA) is 62.5 Å². The number of pyridine rings is 2. The molecule has 140 valence electrons. The molecule has 0 radical (unpaired) electrons. The van der Waals surface area contributed by atoms with E-state index in [1.807, 2.05) is 41.9 Å². The number of aromatic nitrogens is 3. The third kappa shape index (κ3) is 3.85. The number of piperidine rings is 1. The second-order valence-electron chi connectivity index (χ2n) is 7.16. The Morgan fingerprint density at radius 1 is 1.22 bits per heavy atom. The lowest BCUT2D eigenvalue weighted by molar-refractivity contribution is 0.0920. The standard InChI is InChI=1S/C21H25N5O/c1-16-7-6-12-26-15-18(24-20(16)26)21(27)23-14-19(17-8-5-9-22-13-17)25-10-3-2-4-11-25/h5-9,12-13,15,19H,2-4,10-11,14H2,1H3,(H,23,27)/t19-/m1/s1. The highest BCUT2D eigenvalue weighted by Crippen LogP contribution is 2.23. The zero-order valence-corrected chi connectivity index (χ0v) is 15.6. The van der Waals surface area contributed by atoms with Crippen LogP contribution in [0.5, 0.6) is 0 Å². The van der Waals surface area contributed by atoms with Gasteiger partial charge in [-0.15, -0.1) is 0 Å². The number of likely N-dealkylation sites (tertiary alicyclic amines) is 1. The molecule has 6 heteroatoms. The number of hydrogen-bond acceptors (Lipinski definition) is 4. The lowest BCUT2D eigenvalue weighted by Gasteiger charge is -2.34. The first-order valence-corrected chi connectivity index (χ1v) is 9.59. The molecular formula is C21H25N5O. The predicted octanol–water partition coefficient (Wildman–Crippen LogP) is 2.99. The fourth-order valence-corrected chi connectivity index (χ4v) is 3.80. The van der Waals surface area contributed by atoms with Crippen molar-refractivity contribution >= 4 is 11.6 Å². The lowest BCUT2D eigenvalue weighted by atomic mass is 10.0. The Morgan fingerprint density at radius 3 is 2.81 bits per heavy atom. The van der Waals surface area contributed by atoms with E-state index in [1.165, 1.54) is 19.3 Å². The number of rotatable bonds is 5. The van der Waals surface area contributed by atoms with Crippen molar-refractivity contribution < 1.29 is 4.79 Å². The van der Waals surface area contributed by atoms with Crippen LogP contribution in [0.4, 0.5) is 0 Å². The van der Waals surface area contributed by atoms with Crippen LogP contribution in [-0.4, -0.2) is 44.8 Å². The first kappa shape index (κ1) is 17.7. The quantitative estimate of drug-likeness (QED) is 0.757. The number of nitrogens with zero attached hydrogens (tertiary/aromatic N) is 4. The molecule has 4 heterocycles. The van der Waals surface area contributed by atoms with Crippen LogP contribution in [-0.2, 0) is 0 Å². The first-order valence-electron chi connectivity index (χ1n) is 9.59. The van der Waals surface area contributed by atoms with Crippen molar-refractivity contribution in [3.63, 3.8) is 0 Å². The van der Waals surface area contributed by atoms with E-state index >= 15 is 0 Å². The number of hydrogen-bond donors (Lipinski definition) is 1. The van der Waals surface area contributed by atoms with Crippen molar-refractivity contribution in [1.82, 2.24) is 24.6 Å². The van der Waals surface area contributed by atoms with E-state index in [9.17, 15) is 4.79 Å². The van der Waals surface area contributed by atoms with Gasteiger partial charge < -0.3 is 9.72 Å². The minimum absolute atomic E-state index is 0.135. The highest BCUT2D eigenvalue weighted by molar-refractivity contribution is 5.93. The molecule has 1 fully saturated rings. The normalized spacial score (nSPS) is 16.3. The highest BCUT2D eigenvalue weighted by atomic mass is 16.1. The molecule has 0 saturated carbocycles. The Bertz CT molecular complexity index is 915. The largest absolute Gasteiger partial charge is 0.349 e. The number of fused-ring (bicyclic) bond motifs is 1. The van der Waals surface area contributed by atoms with E-state index in [-0.39, 0.29) is 11.9 Å². The van der Waals surface area contributed by atoms with Crippen LogP contribution in [0.15, 0.2) is 49.1 Å². The third-order valence-electron chi connectivity index (χ3n) is 5.27. The maximum absolute atomic E-state index is 12.7. The summed E-state index contributed by atoms with van der Waals surface area (Å²) in [5.74, 6) is -0.135. The van der Waals surface area contributed by atoms with Gasteiger partial charge in [0.05, 0.1) is 6.04 Å². The molecule has 1 atom stereocenters. The van der Waals surface area contributed by atoms with Gasteiger partial charge in [-0.3, -0.25) is 14.7 Å². The van der Waals surface area contributed by atoms with E-state index in [4.69, 9.17) is 0 Å². The highest BCUT2D eigenvalue weighted by Gasteiger charge is 2.23. The summed E-state index contributed by atoms with van der Waals surface area (Å²) in [5.41, 5.74) is 3.47. The Kier molecular flexibility index (Phi) is 5.16. The number of nitrogens with one attached hydrogen (secondary N) is 1. The molecule has 1 aliphatic rings. The van der Waals surface area contributed by atoms with Gasteiger partial charge in [-0.05, 0) is 56.1 Å².